The molecule has 0 aliphatic carbocycles. The van der Waals surface area contributed by atoms with Crippen LogP contribution in [0.4, 0.5) is 18.9 Å². The molecule has 1 aliphatic rings. The Morgan fingerprint density at radius 1 is 1.10 bits per heavy atom. The zero-order valence-corrected chi connectivity index (χ0v) is 16.4. The van der Waals surface area contributed by atoms with Crippen LogP contribution in [-0.4, -0.2) is 58.5 Å². The van der Waals surface area contributed by atoms with Gasteiger partial charge in [0.1, 0.15) is 16.3 Å². The number of nitrogens with zero attached hydrogens (tertiary/aromatic N) is 5. The number of halogens is 3. The third-order valence-corrected chi connectivity index (χ3v) is 6.72. The van der Waals surface area contributed by atoms with E-state index in [0.717, 1.165) is 4.31 Å². The van der Waals surface area contributed by atoms with E-state index in [-0.39, 0.29) is 44.2 Å². The van der Waals surface area contributed by atoms with Crippen molar-refractivity contribution in [3.05, 3.63) is 51.1 Å². The average molecular weight is 433 g/mol. The molecule has 158 valence electrons. The topological polar surface area (TPSA) is 102 Å². The summed E-state index contributed by atoms with van der Waals surface area (Å²) in [7, 11) is -4.34. The fourth-order valence-corrected chi connectivity index (χ4v) is 4.71. The molecule has 0 radical (unpaired) electrons. The molecule has 0 bridgehead atoms. The minimum absolute atomic E-state index is 0.0117. The van der Waals surface area contributed by atoms with Crippen molar-refractivity contribution in [3.63, 3.8) is 0 Å². The summed E-state index contributed by atoms with van der Waals surface area (Å²) < 4.78 is 68.1. The Hall–Kier alpha value is -2.51. The van der Waals surface area contributed by atoms with Gasteiger partial charge in [0, 0.05) is 26.2 Å². The van der Waals surface area contributed by atoms with Crippen molar-refractivity contribution in [1.29, 1.82) is 0 Å². The van der Waals surface area contributed by atoms with Gasteiger partial charge in [0.15, 0.2) is 17.5 Å². The summed E-state index contributed by atoms with van der Waals surface area (Å²) in [6, 6.07) is 1.27. The molecule has 9 nitrogen and oxygen atoms in total. The van der Waals surface area contributed by atoms with Crippen LogP contribution in [-0.2, 0) is 16.7 Å². The predicted molar refractivity (Wildman–Crippen MR) is 95.0 cm³/mol. The first kappa shape index (κ1) is 21.2. The number of rotatable bonds is 5. The van der Waals surface area contributed by atoms with Crippen LogP contribution in [0.15, 0.2) is 17.0 Å². The maximum atomic E-state index is 13.9. The standard InChI is InChI=1S/C16H18F3N5O4S/c1-10-16(24(25)26)11(2)23(20-10)9-21-5-7-22(8-6-21)29(27,28)13-4-3-12(17)14(18)15(13)19/h3-4H,5-9H2,1-2H3. The Labute approximate surface area is 164 Å². The van der Waals surface area contributed by atoms with Crippen LogP contribution in [0.3, 0.4) is 0 Å². The minimum Gasteiger partial charge on any atom is -0.282 e. The molecule has 29 heavy (non-hydrogen) atoms. The summed E-state index contributed by atoms with van der Waals surface area (Å²) in [5.41, 5.74) is 0.592. The van der Waals surface area contributed by atoms with E-state index in [1.54, 1.807) is 6.92 Å². The van der Waals surface area contributed by atoms with E-state index in [9.17, 15) is 31.7 Å². The summed E-state index contributed by atoms with van der Waals surface area (Å²) in [5, 5.41) is 15.2. The van der Waals surface area contributed by atoms with Crippen molar-refractivity contribution in [3.8, 4) is 0 Å². The van der Waals surface area contributed by atoms with Gasteiger partial charge < -0.3 is 0 Å². The zero-order chi connectivity index (χ0) is 21.5. The summed E-state index contributed by atoms with van der Waals surface area (Å²) in [4.78, 5) is 11.5. The summed E-state index contributed by atoms with van der Waals surface area (Å²) in [5.74, 6) is -5.05. The van der Waals surface area contributed by atoms with Crippen molar-refractivity contribution in [2.45, 2.75) is 25.4 Å². The van der Waals surface area contributed by atoms with E-state index in [0.29, 0.717) is 17.8 Å². The predicted octanol–water partition coefficient (Wildman–Crippen LogP) is 1.79. The maximum Gasteiger partial charge on any atom is 0.312 e. The fourth-order valence-electron chi connectivity index (χ4n) is 3.24. The van der Waals surface area contributed by atoms with Crippen LogP contribution in [0.2, 0.25) is 0 Å². The SMILES string of the molecule is Cc1nn(CN2CCN(S(=O)(=O)c3ccc(F)c(F)c3F)CC2)c(C)c1[N+](=O)[O-]. The van der Waals surface area contributed by atoms with Crippen LogP contribution in [0, 0.1) is 41.4 Å². The second-order valence-electron chi connectivity index (χ2n) is 6.61. The molecule has 13 heteroatoms. The average Bonchev–Trinajstić information content (AvgIpc) is 2.93. The third-order valence-electron chi connectivity index (χ3n) is 4.81. The molecule has 1 saturated heterocycles. The van der Waals surface area contributed by atoms with Crippen LogP contribution >= 0.6 is 0 Å². The molecule has 0 saturated carbocycles. The summed E-state index contributed by atoms with van der Waals surface area (Å²) in [6.07, 6.45) is 0. The third kappa shape index (κ3) is 3.84. The molecule has 0 atom stereocenters. The molecular formula is C16H18F3N5O4S. The van der Waals surface area contributed by atoms with E-state index in [2.05, 4.69) is 5.10 Å². The van der Waals surface area contributed by atoms with E-state index in [1.807, 2.05) is 4.90 Å². The van der Waals surface area contributed by atoms with E-state index >= 15 is 0 Å². The highest BCUT2D eigenvalue weighted by Crippen LogP contribution is 2.25. The van der Waals surface area contributed by atoms with Gasteiger partial charge in [0.25, 0.3) is 0 Å². The quantitative estimate of drug-likeness (QED) is 0.405. The van der Waals surface area contributed by atoms with E-state index < -0.39 is 37.3 Å². The van der Waals surface area contributed by atoms with Gasteiger partial charge >= 0.3 is 5.69 Å². The van der Waals surface area contributed by atoms with Gasteiger partial charge in [-0.05, 0) is 26.0 Å². The Morgan fingerprint density at radius 2 is 1.72 bits per heavy atom. The lowest BCUT2D eigenvalue weighted by Crippen LogP contribution is -2.49. The highest BCUT2D eigenvalue weighted by Gasteiger charge is 2.33. The van der Waals surface area contributed by atoms with Gasteiger partial charge in [0.05, 0.1) is 11.6 Å². The van der Waals surface area contributed by atoms with E-state index in [4.69, 9.17) is 0 Å². The number of hydrogen-bond donors (Lipinski definition) is 0. The van der Waals surface area contributed by atoms with Crippen molar-refractivity contribution < 1.29 is 26.5 Å². The first-order valence-electron chi connectivity index (χ1n) is 8.58. The minimum atomic E-state index is -4.34. The molecule has 1 aliphatic heterocycles. The van der Waals surface area contributed by atoms with Crippen molar-refractivity contribution in [2.24, 2.45) is 0 Å². The molecule has 3 rings (SSSR count). The van der Waals surface area contributed by atoms with E-state index in [1.165, 1.54) is 11.6 Å². The number of nitro groups is 1. The van der Waals surface area contributed by atoms with Crippen LogP contribution < -0.4 is 0 Å². The number of aromatic nitrogens is 2. The Bertz CT molecular complexity index is 1060. The van der Waals surface area contributed by atoms with Crippen LogP contribution in [0.1, 0.15) is 11.4 Å². The highest BCUT2D eigenvalue weighted by molar-refractivity contribution is 7.89. The number of aryl methyl sites for hydroxylation is 1. The number of benzene rings is 1. The number of piperazine rings is 1. The van der Waals surface area contributed by atoms with Crippen molar-refractivity contribution in [2.75, 3.05) is 26.2 Å². The molecule has 1 aromatic carbocycles. The van der Waals surface area contributed by atoms with Gasteiger partial charge in [-0.1, -0.05) is 0 Å². The maximum absolute atomic E-state index is 13.9. The molecular weight excluding hydrogens is 415 g/mol. The number of sulfonamides is 1. The van der Waals surface area contributed by atoms with Crippen molar-refractivity contribution >= 4 is 15.7 Å². The lowest BCUT2D eigenvalue weighted by Gasteiger charge is -2.33. The summed E-state index contributed by atoms with van der Waals surface area (Å²) in [6.45, 7) is 3.79. The first-order chi connectivity index (χ1) is 13.5. The molecule has 2 heterocycles. The Kier molecular flexibility index (Phi) is 5.65. The molecule has 0 N–H and O–H groups in total. The van der Waals surface area contributed by atoms with Gasteiger partial charge in [0.2, 0.25) is 10.0 Å². The van der Waals surface area contributed by atoms with Gasteiger partial charge in [-0.25, -0.2) is 26.3 Å². The second kappa shape index (κ2) is 7.72. The Morgan fingerprint density at radius 3 is 2.28 bits per heavy atom. The van der Waals surface area contributed by atoms with Gasteiger partial charge in [-0.3, -0.25) is 15.0 Å². The van der Waals surface area contributed by atoms with Crippen LogP contribution in [0.25, 0.3) is 0 Å². The molecule has 0 amide bonds. The fraction of sp³-hybridized carbons (Fsp3) is 0.438. The first-order valence-corrected chi connectivity index (χ1v) is 10.0. The molecule has 2 aromatic rings. The highest BCUT2D eigenvalue weighted by atomic mass is 32.2. The molecule has 1 aromatic heterocycles. The van der Waals surface area contributed by atoms with Gasteiger partial charge in [-0.2, -0.15) is 9.40 Å². The Balaban J connectivity index is 1.72. The van der Waals surface area contributed by atoms with Crippen molar-refractivity contribution in [1.82, 2.24) is 19.0 Å². The largest absolute Gasteiger partial charge is 0.312 e. The van der Waals surface area contributed by atoms with Crippen LogP contribution in [0.5, 0.6) is 0 Å². The normalized spacial score (nSPS) is 16.3. The lowest BCUT2D eigenvalue weighted by molar-refractivity contribution is -0.386. The zero-order valence-electron chi connectivity index (χ0n) is 15.6. The molecule has 1 fully saturated rings. The lowest BCUT2D eigenvalue weighted by atomic mass is 10.3. The second-order valence-corrected chi connectivity index (χ2v) is 8.52. The smallest absolute Gasteiger partial charge is 0.282 e. The monoisotopic (exact) mass is 433 g/mol. The molecule has 0 unspecified atom stereocenters. The van der Waals surface area contributed by atoms with Gasteiger partial charge in [-0.15, -0.1) is 0 Å². The molecule has 0 spiro atoms. The summed E-state index contributed by atoms with van der Waals surface area (Å²) >= 11 is 0. The number of hydrogen-bond acceptors (Lipinski definition) is 6.